The minimum Gasteiger partial charge on any atom is -0.331 e. The molecule has 0 spiro atoms. The van der Waals surface area contributed by atoms with Crippen LogP contribution in [0.4, 0.5) is 10.1 Å². The van der Waals surface area contributed by atoms with Crippen molar-refractivity contribution in [2.24, 2.45) is 0 Å². The van der Waals surface area contributed by atoms with Crippen LogP contribution in [0.3, 0.4) is 0 Å². The topological polar surface area (TPSA) is 78.9 Å². The molecule has 0 aliphatic rings. The van der Waals surface area contributed by atoms with Gasteiger partial charge in [0.25, 0.3) is 5.91 Å². The second kappa shape index (κ2) is 8.85. The third-order valence-corrected chi connectivity index (χ3v) is 4.86. The maximum absolute atomic E-state index is 13.7. The van der Waals surface area contributed by atoms with Gasteiger partial charge >= 0.3 is 0 Å². The van der Waals surface area contributed by atoms with E-state index in [4.69, 9.17) is 12.2 Å². The number of nitrogens with zero attached hydrogens (tertiary/aromatic N) is 2. The van der Waals surface area contributed by atoms with Crippen LogP contribution in [0, 0.1) is 12.7 Å². The Kier molecular flexibility index (Phi) is 5.81. The third-order valence-electron chi connectivity index (χ3n) is 4.66. The summed E-state index contributed by atoms with van der Waals surface area (Å²) in [6.45, 7) is 1.68. The van der Waals surface area contributed by atoms with Crippen LogP contribution in [0.5, 0.6) is 0 Å². The first kappa shape index (κ1) is 20.4. The number of hydrogen-bond donors (Lipinski definition) is 3. The molecular formula is C23H18FN5OS. The van der Waals surface area contributed by atoms with Crippen molar-refractivity contribution in [1.29, 1.82) is 0 Å². The van der Waals surface area contributed by atoms with E-state index >= 15 is 0 Å². The van der Waals surface area contributed by atoms with E-state index in [1.165, 1.54) is 6.07 Å². The van der Waals surface area contributed by atoms with E-state index in [0.717, 1.165) is 5.56 Å². The lowest BCUT2D eigenvalue weighted by molar-refractivity contribution is 0.0946. The van der Waals surface area contributed by atoms with Gasteiger partial charge in [-0.3, -0.25) is 20.6 Å². The molecule has 3 N–H and O–H groups in total. The number of anilines is 1. The molecule has 2 aromatic carbocycles. The highest BCUT2D eigenvalue weighted by Gasteiger charge is 2.14. The molecule has 8 heteroatoms. The molecule has 0 bridgehead atoms. The Morgan fingerprint density at radius 2 is 1.77 bits per heavy atom. The summed E-state index contributed by atoms with van der Waals surface area (Å²) in [5, 5.41) is 3.67. The van der Waals surface area contributed by atoms with E-state index < -0.39 is 0 Å². The first-order valence-electron chi connectivity index (χ1n) is 9.45. The number of carbonyl (C=O) groups is 1. The van der Waals surface area contributed by atoms with Crippen LogP contribution in [-0.2, 0) is 0 Å². The van der Waals surface area contributed by atoms with Crippen molar-refractivity contribution in [2.45, 2.75) is 6.92 Å². The summed E-state index contributed by atoms with van der Waals surface area (Å²) in [6.07, 6.45) is 3.34. The fraction of sp³-hybridized carbons (Fsp3) is 0.0435. The molecular weight excluding hydrogens is 413 g/mol. The Bertz CT molecular complexity index is 1280. The summed E-state index contributed by atoms with van der Waals surface area (Å²) < 4.78 is 13.7. The fourth-order valence-corrected chi connectivity index (χ4v) is 3.22. The predicted molar refractivity (Wildman–Crippen MR) is 123 cm³/mol. The molecule has 4 rings (SSSR count). The summed E-state index contributed by atoms with van der Waals surface area (Å²) >= 11 is 5.20. The van der Waals surface area contributed by atoms with Crippen molar-refractivity contribution in [3.05, 3.63) is 90.0 Å². The number of hydrazine groups is 1. The fourth-order valence-electron chi connectivity index (χ4n) is 3.05. The lowest BCUT2D eigenvalue weighted by Crippen LogP contribution is -2.43. The molecule has 0 saturated heterocycles. The number of thiocarbonyl (C=S) groups is 1. The Labute approximate surface area is 183 Å². The molecule has 2 heterocycles. The van der Waals surface area contributed by atoms with Crippen molar-refractivity contribution >= 4 is 39.8 Å². The normalized spacial score (nSPS) is 10.5. The number of benzene rings is 2. The minimum atomic E-state index is -0.381. The molecule has 0 radical (unpaired) electrons. The highest BCUT2D eigenvalue weighted by molar-refractivity contribution is 7.80. The van der Waals surface area contributed by atoms with Gasteiger partial charge in [0.15, 0.2) is 5.11 Å². The number of halogens is 1. The van der Waals surface area contributed by atoms with Crippen LogP contribution in [0.1, 0.15) is 15.9 Å². The van der Waals surface area contributed by atoms with Gasteiger partial charge in [-0.2, -0.15) is 0 Å². The van der Waals surface area contributed by atoms with Gasteiger partial charge in [-0.25, -0.2) is 9.37 Å². The highest BCUT2D eigenvalue weighted by atomic mass is 32.1. The van der Waals surface area contributed by atoms with Gasteiger partial charge in [0.1, 0.15) is 5.82 Å². The zero-order chi connectivity index (χ0) is 21.8. The molecule has 0 saturated carbocycles. The zero-order valence-corrected chi connectivity index (χ0v) is 17.3. The van der Waals surface area contributed by atoms with E-state index in [0.29, 0.717) is 33.4 Å². The second-order valence-electron chi connectivity index (χ2n) is 6.81. The Hall–Kier alpha value is -3.91. The molecule has 31 heavy (non-hydrogen) atoms. The standard InChI is InChI=1S/C23H18FN5OS/c1-14-6-7-16(12-19(14)24)26-23(31)29-28-22(30)18-13-21(15-8-10-25-11-9-15)27-20-5-3-2-4-17(18)20/h2-13H,1H3,(H,28,30)(H2,26,29,31). The average molecular weight is 431 g/mol. The van der Waals surface area contributed by atoms with Crippen LogP contribution < -0.4 is 16.2 Å². The van der Waals surface area contributed by atoms with Gasteiger partial charge in [-0.1, -0.05) is 24.3 Å². The van der Waals surface area contributed by atoms with Gasteiger partial charge in [-0.05, 0) is 61.1 Å². The van der Waals surface area contributed by atoms with Gasteiger partial charge in [-0.15, -0.1) is 0 Å². The summed E-state index contributed by atoms with van der Waals surface area (Å²) in [5.41, 5.74) is 8.89. The number of rotatable bonds is 3. The van der Waals surface area contributed by atoms with E-state index in [1.54, 1.807) is 37.5 Å². The van der Waals surface area contributed by atoms with Crippen molar-refractivity contribution in [3.63, 3.8) is 0 Å². The smallest absolute Gasteiger partial charge is 0.270 e. The maximum atomic E-state index is 13.7. The van der Waals surface area contributed by atoms with Crippen molar-refractivity contribution < 1.29 is 9.18 Å². The summed E-state index contributed by atoms with van der Waals surface area (Å²) in [5.74, 6) is -0.725. The number of hydrogen-bond acceptors (Lipinski definition) is 4. The number of aromatic nitrogens is 2. The number of fused-ring (bicyclic) bond motifs is 1. The number of amides is 1. The first-order valence-corrected chi connectivity index (χ1v) is 9.86. The van der Waals surface area contributed by atoms with Gasteiger partial charge in [0.2, 0.25) is 0 Å². The minimum absolute atomic E-state index is 0.129. The molecule has 1 amide bonds. The summed E-state index contributed by atoms with van der Waals surface area (Å²) in [6, 6.07) is 17.5. The molecule has 0 aliphatic carbocycles. The number of aryl methyl sites for hydroxylation is 1. The Morgan fingerprint density at radius 1 is 1.00 bits per heavy atom. The van der Waals surface area contributed by atoms with Crippen LogP contribution >= 0.6 is 12.2 Å². The van der Waals surface area contributed by atoms with Crippen molar-refractivity contribution in [1.82, 2.24) is 20.8 Å². The number of para-hydroxylation sites is 1. The van der Waals surface area contributed by atoms with Crippen molar-refractivity contribution in [2.75, 3.05) is 5.32 Å². The van der Waals surface area contributed by atoms with Gasteiger partial charge < -0.3 is 5.32 Å². The molecule has 4 aromatic rings. The summed E-state index contributed by atoms with van der Waals surface area (Å²) in [7, 11) is 0. The highest BCUT2D eigenvalue weighted by Crippen LogP contribution is 2.24. The molecule has 6 nitrogen and oxygen atoms in total. The van der Waals surface area contributed by atoms with Crippen LogP contribution in [0.25, 0.3) is 22.2 Å². The second-order valence-corrected chi connectivity index (χ2v) is 7.21. The zero-order valence-electron chi connectivity index (χ0n) is 16.5. The molecule has 0 atom stereocenters. The average Bonchev–Trinajstić information content (AvgIpc) is 2.79. The number of nitrogens with one attached hydrogen (secondary N) is 3. The molecule has 2 aromatic heterocycles. The molecule has 0 fully saturated rings. The quantitative estimate of drug-likeness (QED) is 0.330. The van der Waals surface area contributed by atoms with Crippen LogP contribution in [0.2, 0.25) is 0 Å². The first-order chi connectivity index (χ1) is 15.0. The molecule has 0 aliphatic heterocycles. The molecule has 0 unspecified atom stereocenters. The van der Waals surface area contributed by atoms with E-state index in [-0.39, 0.29) is 16.8 Å². The molecule has 154 valence electrons. The summed E-state index contributed by atoms with van der Waals surface area (Å²) in [4.78, 5) is 21.6. The van der Waals surface area contributed by atoms with Crippen LogP contribution in [0.15, 0.2) is 73.1 Å². The van der Waals surface area contributed by atoms with E-state index in [2.05, 4.69) is 26.1 Å². The van der Waals surface area contributed by atoms with Gasteiger partial charge in [0, 0.05) is 29.0 Å². The van der Waals surface area contributed by atoms with E-state index in [1.807, 2.05) is 36.4 Å². The Morgan fingerprint density at radius 3 is 2.55 bits per heavy atom. The predicted octanol–water partition coefficient (Wildman–Crippen LogP) is 4.38. The SMILES string of the molecule is Cc1ccc(NC(=S)NNC(=O)c2cc(-c3ccncc3)nc3ccccc23)cc1F. The van der Waals surface area contributed by atoms with Crippen molar-refractivity contribution in [3.8, 4) is 11.3 Å². The van der Waals surface area contributed by atoms with E-state index in [9.17, 15) is 9.18 Å². The number of carbonyl (C=O) groups excluding carboxylic acids is 1. The largest absolute Gasteiger partial charge is 0.331 e. The van der Waals surface area contributed by atoms with Crippen LogP contribution in [-0.4, -0.2) is 21.0 Å². The maximum Gasteiger partial charge on any atom is 0.270 e. The Balaban J connectivity index is 1.54. The number of pyridine rings is 2. The van der Waals surface area contributed by atoms with Gasteiger partial charge in [0.05, 0.1) is 16.8 Å². The lowest BCUT2D eigenvalue weighted by atomic mass is 10.0. The third kappa shape index (κ3) is 4.65. The monoisotopic (exact) mass is 431 g/mol. The lowest BCUT2D eigenvalue weighted by Gasteiger charge is -2.14.